The number of ketones is 1. The lowest BCUT2D eigenvalue weighted by molar-refractivity contribution is -0.116. The molecule has 0 bridgehead atoms. The second-order valence-electron chi connectivity index (χ2n) is 9.47. The molecule has 2 rings (SSSR count). The highest BCUT2D eigenvalue weighted by molar-refractivity contribution is 5.75. The second kappa shape index (κ2) is 7.58. The van der Waals surface area contributed by atoms with Crippen LogP contribution < -0.4 is 0 Å². The maximum absolute atomic E-state index is 11.1. The minimum absolute atomic E-state index is 0.296. The van der Waals surface area contributed by atoms with Gasteiger partial charge in [-0.15, -0.1) is 0 Å². The minimum Gasteiger partial charge on any atom is -0.300 e. The van der Waals surface area contributed by atoms with E-state index in [1.54, 1.807) is 12.5 Å². The van der Waals surface area contributed by atoms with E-state index in [2.05, 4.69) is 46.8 Å². The van der Waals surface area contributed by atoms with Gasteiger partial charge in [-0.25, -0.2) is 0 Å². The Morgan fingerprint density at radius 2 is 1.92 bits per heavy atom. The molecule has 0 spiro atoms. The van der Waals surface area contributed by atoms with Crippen molar-refractivity contribution in [2.75, 3.05) is 0 Å². The van der Waals surface area contributed by atoms with Crippen molar-refractivity contribution in [1.82, 2.24) is 0 Å². The Morgan fingerprint density at radius 3 is 2.58 bits per heavy atom. The fourth-order valence-corrected chi connectivity index (χ4v) is 5.69. The molecule has 24 heavy (non-hydrogen) atoms. The fraction of sp³-hybridized carbons (Fsp3) is 0.783. The van der Waals surface area contributed by atoms with Gasteiger partial charge in [-0.05, 0) is 82.0 Å². The van der Waals surface area contributed by atoms with E-state index >= 15 is 0 Å². The molecule has 1 fully saturated rings. The number of rotatable bonds is 6. The Kier molecular flexibility index (Phi) is 6.15. The van der Waals surface area contributed by atoms with Crippen LogP contribution >= 0.6 is 0 Å². The second-order valence-corrected chi connectivity index (χ2v) is 9.47. The summed E-state index contributed by atoms with van der Waals surface area (Å²) < 4.78 is 0. The number of hydrogen-bond donors (Lipinski definition) is 0. The van der Waals surface area contributed by atoms with E-state index in [0.717, 1.165) is 18.3 Å². The van der Waals surface area contributed by atoms with Crippen molar-refractivity contribution in [3.05, 3.63) is 23.3 Å². The van der Waals surface area contributed by atoms with Gasteiger partial charge < -0.3 is 4.79 Å². The maximum atomic E-state index is 11.1. The average Bonchev–Trinajstić information content (AvgIpc) is 2.45. The van der Waals surface area contributed by atoms with E-state index in [1.165, 1.54) is 44.1 Å². The van der Waals surface area contributed by atoms with Crippen LogP contribution in [-0.2, 0) is 4.79 Å². The fourth-order valence-electron chi connectivity index (χ4n) is 5.69. The highest BCUT2D eigenvalue weighted by atomic mass is 16.1. The zero-order valence-electron chi connectivity index (χ0n) is 16.9. The van der Waals surface area contributed by atoms with Crippen LogP contribution in [0.2, 0.25) is 0 Å². The quantitative estimate of drug-likeness (QED) is 0.485. The Morgan fingerprint density at radius 1 is 1.21 bits per heavy atom. The smallest absolute Gasteiger partial charge is 0.130 e. The zero-order chi connectivity index (χ0) is 18.0. The predicted molar refractivity (Wildman–Crippen MR) is 104 cm³/mol. The molecule has 1 heteroatoms. The van der Waals surface area contributed by atoms with Crippen molar-refractivity contribution in [2.24, 2.45) is 22.7 Å². The van der Waals surface area contributed by atoms with E-state index in [-0.39, 0.29) is 0 Å². The number of carbonyl (C=O) groups is 1. The first-order chi connectivity index (χ1) is 11.2. The molecule has 3 atom stereocenters. The van der Waals surface area contributed by atoms with Crippen molar-refractivity contribution < 1.29 is 4.79 Å². The van der Waals surface area contributed by atoms with Gasteiger partial charge in [0, 0.05) is 6.42 Å². The highest BCUT2D eigenvalue weighted by Gasteiger charge is 2.51. The zero-order valence-corrected chi connectivity index (χ0v) is 16.9. The number of hydrogen-bond acceptors (Lipinski definition) is 1. The third-order valence-corrected chi connectivity index (χ3v) is 7.11. The molecule has 0 aromatic heterocycles. The highest BCUT2D eigenvalue weighted by Crippen LogP contribution is 2.60. The normalized spacial score (nSPS) is 32.9. The summed E-state index contributed by atoms with van der Waals surface area (Å²) in [5, 5.41) is 0. The monoisotopic (exact) mass is 330 g/mol. The molecule has 0 saturated heterocycles. The van der Waals surface area contributed by atoms with Crippen LogP contribution in [-0.4, -0.2) is 5.78 Å². The first kappa shape index (κ1) is 19.5. The molecule has 0 aliphatic heterocycles. The molecule has 0 aromatic carbocycles. The van der Waals surface area contributed by atoms with E-state index in [9.17, 15) is 4.79 Å². The van der Waals surface area contributed by atoms with E-state index in [4.69, 9.17) is 0 Å². The first-order valence-corrected chi connectivity index (χ1v) is 9.98. The molecule has 1 nitrogen and oxygen atoms in total. The predicted octanol–water partition coefficient (Wildman–Crippen LogP) is 6.88. The molecule has 2 aliphatic rings. The number of carbonyl (C=O) groups excluding carboxylic acids is 1. The van der Waals surface area contributed by atoms with Crippen molar-refractivity contribution in [1.29, 1.82) is 0 Å². The first-order valence-electron chi connectivity index (χ1n) is 9.98. The molecule has 0 amide bonds. The molecule has 0 aromatic rings. The molecule has 0 unspecified atom stereocenters. The topological polar surface area (TPSA) is 17.1 Å². The lowest BCUT2D eigenvalue weighted by Crippen LogP contribution is -2.48. The van der Waals surface area contributed by atoms with Gasteiger partial charge in [0.05, 0.1) is 0 Å². The summed E-state index contributed by atoms with van der Waals surface area (Å²) in [5.74, 6) is 1.85. The molecule has 0 heterocycles. The van der Waals surface area contributed by atoms with Crippen LogP contribution in [0, 0.1) is 22.7 Å². The molecule has 0 N–H and O–H groups in total. The van der Waals surface area contributed by atoms with Gasteiger partial charge in [0.2, 0.25) is 0 Å². The van der Waals surface area contributed by atoms with Crippen LogP contribution in [0.3, 0.4) is 0 Å². The minimum atomic E-state index is 0.296. The SMILES string of the molecule is CC(=O)CCC=C(C)CC[C@H]1C(C)=CC[C@@H]2C(C)(C)CCC[C@@]21C. The summed E-state index contributed by atoms with van der Waals surface area (Å²) in [7, 11) is 0. The summed E-state index contributed by atoms with van der Waals surface area (Å²) in [5.41, 5.74) is 4.04. The molecular formula is C23H38O. The Hall–Kier alpha value is -0.850. The van der Waals surface area contributed by atoms with Crippen molar-refractivity contribution >= 4 is 5.78 Å². The van der Waals surface area contributed by atoms with E-state index in [1.807, 2.05) is 0 Å². The van der Waals surface area contributed by atoms with Gasteiger partial charge in [-0.3, -0.25) is 0 Å². The molecule has 2 aliphatic carbocycles. The third-order valence-electron chi connectivity index (χ3n) is 7.11. The van der Waals surface area contributed by atoms with Gasteiger partial charge in [0.1, 0.15) is 5.78 Å². The van der Waals surface area contributed by atoms with Gasteiger partial charge in [0.15, 0.2) is 0 Å². The van der Waals surface area contributed by atoms with Crippen LogP contribution in [0.25, 0.3) is 0 Å². The molecular weight excluding hydrogens is 292 g/mol. The molecule has 0 radical (unpaired) electrons. The summed E-state index contributed by atoms with van der Waals surface area (Å²) >= 11 is 0. The molecule has 136 valence electrons. The van der Waals surface area contributed by atoms with E-state index in [0.29, 0.717) is 23.0 Å². The van der Waals surface area contributed by atoms with Gasteiger partial charge in [0.25, 0.3) is 0 Å². The maximum Gasteiger partial charge on any atom is 0.130 e. The van der Waals surface area contributed by atoms with Crippen LogP contribution in [0.15, 0.2) is 23.3 Å². The summed E-state index contributed by atoms with van der Waals surface area (Å²) in [6.07, 6.45) is 14.3. The average molecular weight is 331 g/mol. The van der Waals surface area contributed by atoms with E-state index < -0.39 is 0 Å². The number of allylic oxidation sites excluding steroid dienone is 4. The Bertz CT molecular complexity index is 522. The Balaban J connectivity index is 2.06. The lowest BCUT2D eigenvalue weighted by Gasteiger charge is -2.57. The number of Topliss-reactive ketones (excluding diaryl/α,β-unsaturated/α-hetero) is 1. The summed E-state index contributed by atoms with van der Waals surface area (Å²) in [6, 6.07) is 0. The largest absolute Gasteiger partial charge is 0.300 e. The number of fused-ring (bicyclic) bond motifs is 1. The summed E-state index contributed by atoms with van der Waals surface area (Å²) in [6.45, 7) is 13.9. The lowest BCUT2D eigenvalue weighted by atomic mass is 9.48. The van der Waals surface area contributed by atoms with Gasteiger partial charge >= 0.3 is 0 Å². The van der Waals surface area contributed by atoms with Crippen molar-refractivity contribution in [2.45, 2.75) is 92.9 Å². The molecule has 1 saturated carbocycles. The Labute approximate surface area is 150 Å². The summed E-state index contributed by atoms with van der Waals surface area (Å²) in [4.78, 5) is 11.1. The van der Waals surface area contributed by atoms with Gasteiger partial charge in [-0.2, -0.15) is 0 Å². The van der Waals surface area contributed by atoms with Crippen LogP contribution in [0.5, 0.6) is 0 Å². The van der Waals surface area contributed by atoms with Crippen LogP contribution in [0.4, 0.5) is 0 Å². The standard InChI is InChI=1S/C23H38O/c1-17(9-7-10-19(3)24)11-13-20-18(2)12-14-21-22(4,5)15-8-16-23(20,21)6/h9,12,20-21H,7-8,10-11,13-16H2,1-6H3/t20-,21+,23+/m0/s1. The van der Waals surface area contributed by atoms with Crippen LogP contribution in [0.1, 0.15) is 92.9 Å². The van der Waals surface area contributed by atoms with Crippen molar-refractivity contribution in [3.63, 3.8) is 0 Å². The van der Waals surface area contributed by atoms with Gasteiger partial charge in [-0.1, -0.05) is 50.5 Å². The van der Waals surface area contributed by atoms with Crippen molar-refractivity contribution in [3.8, 4) is 0 Å². The third kappa shape index (κ3) is 4.21.